The molecule has 1 aliphatic heterocycles. The van der Waals surface area contributed by atoms with Crippen LogP contribution in [-0.4, -0.2) is 33.1 Å². The van der Waals surface area contributed by atoms with E-state index < -0.39 is 11.8 Å². The number of carbonyl (C=O) groups excluding carboxylic acids is 2. The smallest absolute Gasteiger partial charge is 0.346 e. The highest BCUT2D eigenvalue weighted by atomic mass is 19.1. The maximum Gasteiger partial charge on any atom is 0.346 e. The Bertz CT molecular complexity index is 1300. The van der Waals surface area contributed by atoms with E-state index in [1.165, 1.54) is 57.7 Å². The number of ether oxygens (including phenoxy) is 5. The van der Waals surface area contributed by atoms with Crippen LogP contribution in [0.1, 0.15) is 31.8 Å². The average molecular weight is 464 g/mol. The van der Waals surface area contributed by atoms with Crippen molar-refractivity contribution in [2.75, 3.05) is 21.3 Å². The first kappa shape index (κ1) is 22.8. The summed E-state index contributed by atoms with van der Waals surface area (Å²) in [5, 5.41) is 0. The minimum atomic E-state index is -0.848. The Labute approximate surface area is 195 Å². The number of hydrogen-bond acceptors (Lipinski definition) is 7. The fourth-order valence-corrected chi connectivity index (χ4v) is 3.60. The van der Waals surface area contributed by atoms with Crippen LogP contribution in [0.25, 0.3) is 6.08 Å². The Morgan fingerprint density at radius 1 is 0.941 bits per heavy atom. The monoisotopic (exact) mass is 464 g/mol. The fraction of sp³-hybridized carbons (Fsp3) is 0.154. The number of rotatable bonds is 6. The Hall–Kier alpha value is -4.33. The summed E-state index contributed by atoms with van der Waals surface area (Å²) in [5.74, 6) is -0.0938. The number of carbonyl (C=O) groups is 2. The van der Waals surface area contributed by atoms with Crippen LogP contribution >= 0.6 is 0 Å². The van der Waals surface area contributed by atoms with Gasteiger partial charge in [-0.1, -0.05) is 12.1 Å². The molecule has 0 aromatic heterocycles. The maximum atomic E-state index is 13.9. The van der Waals surface area contributed by atoms with Gasteiger partial charge in [0.15, 0.2) is 17.3 Å². The van der Waals surface area contributed by atoms with Gasteiger partial charge in [-0.3, -0.25) is 4.79 Å². The normalized spacial score (nSPS) is 13.3. The fourth-order valence-electron chi connectivity index (χ4n) is 3.60. The topological polar surface area (TPSA) is 80.3 Å². The van der Waals surface area contributed by atoms with E-state index in [0.717, 1.165) is 0 Å². The highest BCUT2D eigenvalue weighted by Crippen LogP contribution is 2.42. The predicted molar refractivity (Wildman–Crippen MR) is 122 cm³/mol. The molecule has 4 rings (SSSR count). The van der Waals surface area contributed by atoms with E-state index in [4.69, 9.17) is 23.7 Å². The van der Waals surface area contributed by atoms with Crippen LogP contribution in [0.2, 0.25) is 0 Å². The molecule has 0 aliphatic carbocycles. The summed E-state index contributed by atoms with van der Waals surface area (Å²) in [6.07, 6.45) is 1.55. The SMILES string of the molecule is COc1cc(C=C2Oc3c(ccc(OC(=O)c4ccccc4F)c3C)C2=O)cc(OC)c1OC. The maximum absolute atomic E-state index is 13.9. The first-order chi connectivity index (χ1) is 16.4. The summed E-state index contributed by atoms with van der Waals surface area (Å²) in [6.45, 7) is 1.65. The number of esters is 1. The Morgan fingerprint density at radius 2 is 1.62 bits per heavy atom. The third-order valence-electron chi connectivity index (χ3n) is 5.32. The van der Waals surface area contributed by atoms with Gasteiger partial charge in [-0.15, -0.1) is 0 Å². The third kappa shape index (κ3) is 4.05. The Balaban J connectivity index is 1.65. The molecule has 1 heterocycles. The second kappa shape index (κ2) is 9.27. The standard InChI is InChI=1S/C26H21FO7/c1-14-19(34-26(29)16-7-5-6-8-18(16)27)10-9-17-23(28)20(33-24(14)17)11-15-12-21(30-2)25(32-4)22(13-15)31-3/h5-13H,1-4H3. The zero-order chi connectivity index (χ0) is 24.4. The van der Waals surface area contributed by atoms with E-state index >= 15 is 0 Å². The first-order valence-electron chi connectivity index (χ1n) is 10.2. The second-order valence-electron chi connectivity index (χ2n) is 7.33. The summed E-state index contributed by atoms with van der Waals surface area (Å²) in [7, 11) is 4.49. The quantitative estimate of drug-likeness (QED) is 0.289. The van der Waals surface area contributed by atoms with Gasteiger partial charge < -0.3 is 23.7 Å². The van der Waals surface area contributed by atoms with Gasteiger partial charge in [0.05, 0.1) is 32.5 Å². The van der Waals surface area contributed by atoms with Crippen LogP contribution in [0.15, 0.2) is 54.3 Å². The molecule has 7 nitrogen and oxygen atoms in total. The zero-order valence-electron chi connectivity index (χ0n) is 18.9. The van der Waals surface area contributed by atoms with Crippen molar-refractivity contribution in [1.82, 2.24) is 0 Å². The van der Waals surface area contributed by atoms with E-state index in [9.17, 15) is 14.0 Å². The molecule has 8 heteroatoms. The number of allylic oxidation sites excluding steroid dienone is 1. The molecule has 0 radical (unpaired) electrons. The number of hydrogen-bond donors (Lipinski definition) is 0. The number of halogens is 1. The second-order valence-corrected chi connectivity index (χ2v) is 7.33. The van der Waals surface area contributed by atoms with Crippen LogP contribution in [0, 0.1) is 12.7 Å². The van der Waals surface area contributed by atoms with Crippen molar-refractivity contribution in [2.45, 2.75) is 6.92 Å². The minimum absolute atomic E-state index is 0.0740. The van der Waals surface area contributed by atoms with Gasteiger partial charge in [-0.2, -0.15) is 0 Å². The number of benzene rings is 3. The lowest BCUT2D eigenvalue weighted by atomic mass is 10.1. The molecule has 0 saturated heterocycles. The van der Waals surface area contributed by atoms with Gasteiger partial charge in [-0.05, 0) is 55.0 Å². The van der Waals surface area contributed by atoms with E-state index in [0.29, 0.717) is 33.9 Å². The lowest BCUT2D eigenvalue weighted by molar-refractivity contribution is 0.0728. The van der Waals surface area contributed by atoms with Crippen LogP contribution in [0.3, 0.4) is 0 Å². The van der Waals surface area contributed by atoms with Gasteiger partial charge in [-0.25, -0.2) is 9.18 Å². The molecular weight excluding hydrogens is 443 g/mol. The van der Waals surface area contributed by atoms with Gasteiger partial charge in [0.25, 0.3) is 0 Å². The van der Waals surface area contributed by atoms with Gasteiger partial charge in [0, 0.05) is 5.56 Å². The van der Waals surface area contributed by atoms with Crippen molar-refractivity contribution < 1.29 is 37.7 Å². The number of Topliss-reactive ketones (excluding diaryl/α,β-unsaturated/α-hetero) is 1. The number of fused-ring (bicyclic) bond motifs is 1. The van der Waals surface area contributed by atoms with E-state index in [1.54, 1.807) is 25.1 Å². The zero-order valence-corrected chi connectivity index (χ0v) is 18.9. The summed E-state index contributed by atoms with van der Waals surface area (Å²) in [4.78, 5) is 25.4. The molecule has 3 aromatic carbocycles. The highest BCUT2D eigenvalue weighted by molar-refractivity contribution is 6.15. The lowest BCUT2D eigenvalue weighted by Gasteiger charge is -2.13. The number of methoxy groups -OCH3 is 3. The molecule has 0 atom stereocenters. The molecule has 0 spiro atoms. The van der Waals surface area contributed by atoms with E-state index in [2.05, 4.69) is 0 Å². The minimum Gasteiger partial charge on any atom is -0.493 e. The summed E-state index contributed by atoms with van der Waals surface area (Å²) in [6, 6.07) is 11.9. The largest absolute Gasteiger partial charge is 0.493 e. The lowest BCUT2D eigenvalue weighted by Crippen LogP contribution is -2.11. The molecule has 0 bridgehead atoms. The molecule has 34 heavy (non-hydrogen) atoms. The molecule has 174 valence electrons. The van der Waals surface area contributed by atoms with Crippen molar-refractivity contribution >= 4 is 17.8 Å². The van der Waals surface area contributed by atoms with E-state index in [-0.39, 0.29) is 28.6 Å². The predicted octanol–water partition coefficient (Wildman–Crippen LogP) is 5.00. The van der Waals surface area contributed by atoms with Crippen molar-refractivity contribution in [1.29, 1.82) is 0 Å². The van der Waals surface area contributed by atoms with Crippen molar-refractivity contribution in [2.24, 2.45) is 0 Å². The molecule has 0 unspecified atom stereocenters. The summed E-state index contributed by atoms with van der Waals surface area (Å²) in [5.41, 5.74) is 1.16. The van der Waals surface area contributed by atoms with Crippen LogP contribution < -0.4 is 23.7 Å². The molecule has 0 saturated carbocycles. The van der Waals surface area contributed by atoms with Crippen LogP contribution in [-0.2, 0) is 0 Å². The van der Waals surface area contributed by atoms with Crippen LogP contribution in [0.5, 0.6) is 28.7 Å². The first-order valence-corrected chi connectivity index (χ1v) is 10.2. The molecule has 0 fully saturated rings. The molecule has 1 aliphatic rings. The average Bonchev–Trinajstić information content (AvgIpc) is 3.16. The van der Waals surface area contributed by atoms with Gasteiger partial charge in [0.1, 0.15) is 17.3 Å². The highest BCUT2D eigenvalue weighted by Gasteiger charge is 2.31. The molecule has 3 aromatic rings. The van der Waals surface area contributed by atoms with E-state index in [1.807, 2.05) is 0 Å². The van der Waals surface area contributed by atoms with Crippen molar-refractivity contribution in [3.05, 3.63) is 82.4 Å². The Morgan fingerprint density at radius 3 is 2.24 bits per heavy atom. The summed E-state index contributed by atoms with van der Waals surface area (Å²) >= 11 is 0. The number of ketones is 1. The molecule has 0 amide bonds. The third-order valence-corrected chi connectivity index (χ3v) is 5.32. The molecule has 0 N–H and O–H groups in total. The molecular formula is C26H21FO7. The van der Waals surface area contributed by atoms with Crippen molar-refractivity contribution in [3.63, 3.8) is 0 Å². The summed E-state index contributed by atoms with van der Waals surface area (Å²) < 4.78 is 41.2. The van der Waals surface area contributed by atoms with Gasteiger partial charge >= 0.3 is 5.97 Å². The Kier molecular flexibility index (Phi) is 6.23. The van der Waals surface area contributed by atoms with Gasteiger partial charge in [0.2, 0.25) is 11.5 Å². The van der Waals surface area contributed by atoms with Crippen LogP contribution in [0.4, 0.5) is 4.39 Å². The van der Waals surface area contributed by atoms with Crippen molar-refractivity contribution in [3.8, 4) is 28.7 Å².